The molecule has 0 amide bonds. The molecule has 0 radical (unpaired) electrons. The maximum Gasteiger partial charge on any atom is 0.270 e. The molecule has 0 aliphatic heterocycles. The summed E-state index contributed by atoms with van der Waals surface area (Å²) in [5, 5.41) is 8.11. The van der Waals surface area contributed by atoms with E-state index in [1.54, 1.807) is 37.3 Å². The van der Waals surface area contributed by atoms with Crippen LogP contribution in [0.5, 0.6) is 0 Å². The SMILES string of the molecule is Cc1cc(-c2ccc(NC(C)(C)C)nc2F)nn(Cc2ccc(Cl)cc2)c1=O. The van der Waals surface area contributed by atoms with Crippen molar-refractivity contribution < 1.29 is 4.39 Å². The van der Waals surface area contributed by atoms with Crippen molar-refractivity contribution in [2.24, 2.45) is 0 Å². The molecule has 3 aromatic rings. The lowest BCUT2D eigenvalue weighted by molar-refractivity contribution is 0.577. The molecular weight excluding hydrogens is 379 g/mol. The topological polar surface area (TPSA) is 59.8 Å². The average Bonchev–Trinajstić information content (AvgIpc) is 2.59. The first-order valence-electron chi connectivity index (χ1n) is 8.91. The molecule has 7 heteroatoms. The number of halogens is 2. The van der Waals surface area contributed by atoms with Gasteiger partial charge in [-0.25, -0.2) is 9.67 Å². The van der Waals surface area contributed by atoms with Gasteiger partial charge in [0.2, 0.25) is 5.95 Å². The van der Waals surface area contributed by atoms with E-state index in [1.807, 2.05) is 32.9 Å². The predicted octanol–water partition coefficient (Wildman–Crippen LogP) is 4.66. The quantitative estimate of drug-likeness (QED) is 0.647. The van der Waals surface area contributed by atoms with Gasteiger partial charge >= 0.3 is 0 Å². The number of rotatable bonds is 4. The van der Waals surface area contributed by atoms with Crippen molar-refractivity contribution >= 4 is 17.4 Å². The smallest absolute Gasteiger partial charge is 0.270 e. The molecule has 1 N–H and O–H groups in total. The number of hydrogen-bond acceptors (Lipinski definition) is 4. The number of benzene rings is 1. The van der Waals surface area contributed by atoms with Crippen LogP contribution in [0, 0.1) is 12.9 Å². The van der Waals surface area contributed by atoms with Crippen molar-refractivity contribution in [2.45, 2.75) is 39.8 Å². The van der Waals surface area contributed by atoms with Crippen LogP contribution < -0.4 is 10.9 Å². The molecule has 0 unspecified atom stereocenters. The first kappa shape index (κ1) is 20.0. The standard InChI is InChI=1S/C21H22ClFN4O/c1-13-11-17(16-9-10-18(24-19(16)23)25-21(2,3)4)26-27(20(13)28)12-14-5-7-15(22)8-6-14/h5-11H,12H2,1-4H3,(H,24,25). The summed E-state index contributed by atoms with van der Waals surface area (Å²) in [6.07, 6.45) is 0. The first-order chi connectivity index (χ1) is 13.1. The van der Waals surface area contributed by atoms with Crippen molar-refractivity contribution in [3.05, 3.63) is 74.9 Å². The molecule has 0 fully saturated rings. The van der Waals surface area contributed by atoms with Gasteiger partial charge in [-0.15, -0.1) is 0 Å². The molecular formula is C21H22ClFN4O. The van der Waals surface area contributed by atoms with E-state index in [1.165, 1.54) is 4.68 Å². The Balaban J connectivity index is 1.97. The van der Waals surface area contributed by atoms with Gasteiger partial charge in [-0.05, 0) is 63.6 Å². The lowest BCUT2D eigenvalue weighted by Gasteiger charge is -2.21. The zero-order valence-electron chi connectivity index (χ0n) is 16.3. The molecule has 3 rings (SSSR count). The summed E-state index contributed by atoms with van der Waals surface area (Å²) >= 11 is 5.91. The Hall–Kier alpha value is -2.73. The summed E-state index contributed by atoms with van der Waals surface area (Å²) in [4.78, 5) is 16.5. The van der Waals surface area contributed by atoms with E-state index in [2.05, 4.69) is 15.4 Å². The third-order valence-corrected chi connectivity index (χ3v) is 4.28. The van der Waals surface area contributed by atoms with E-state index in [0.29, 0.717) is 22.1 Å². The van der Waals surface area contributed by atoms with Gasteiger partial charge < -0.3 is 5.32 Å². The highest BCUT2D eigenvalue weighted by atomic mass is 35.5. The molecule has 0 aliphatic rings. The molecule has 0 aliphatic carbocycles. The third-order valence-electron chi connectivity index (χ3n) is 4.03. The fourth-order valence-corrected chi connectivity index (χ4v) is 2.88. The van der Waals surface area contributed by atoms with Crippen molar-refractivity contribution in [3.63, 3.8) is 0 Å². The highest BCUT2D eigenvalue weighted by Gasteiger charge is 2.15. The van der Waals surface area contributed by atoms with Gasteiger partial charge in [0.15, 0.2) is 0 Å². The van der Waals surface area contributed by atoms with Crippen LogP contribution in [-0.2, 0) is 6.54 Å². The second-order valence-electron chi connectivity index (χ2n) is 7.71. The Kier molecular flexibility index (Phi) is 5.52. The second-order valence-corrected chi connectivity index (χ2v) is 8.15. The minimum absolute atomic E-state index is 0.224. The van der Waals surface area contributed by atoms with E-state index in [4.69, 9.17) is 11.6 Å². The maximum atomic E-state index is 14.7. The van der Waals surface area contributed by atoms with E-state index < -0.39 is 5.95 Å². The minimum Gasteiger partial charge on any atom is -0.365 e. The lowest BCUT2D eigenvalue weighted by Crippen LogP contribution is -2.27. The molecule has 0 spiro atoms. The van der Waals surface area contributed by atoms with Gasteiger partial charge in [0.25, 0.3) is 5.56 Å². The van der Waals surface area contributed by atoms with E-state index in [-0.39, 0.29) is 23.2 Å². The number of anilines is 1. The maximum absolute atomic E-state index is 14.7. The summed E-state index contributed by atoms with van der Waals surface area (Å²) in [5.41, 5.74) is 1.50. The Bertz CT molecular complexity index is 1060. The lowest BCUT2D eigenvalue weighted by atomic mass is 10.1. The zero-order valence-corrected chi connectivity index (χ0v) is 17.0. The Morgan fingerprint density at radius 3 is 2.43 bits per heavy atom. The number of nitrogens with zero attached hydrogens (tertiary/aromatic N) is 3. The summed E-state index contributed by atoms with van der Waals surface area (Å²) in [6, 6.07) is 12.1. The number of aryl methyl sites for hydroxylation is 1. The number of nitrogens with one attached hydrogen (secondary N) is 1. The second kappa shape index (κ2) is 7.72. The number of pyridine rings is 1. The van der Waals surface area contributed by atoms with Gasteiger partial charge in [0.05, 0.1) is 17.8 Å². The normalized spacial score (nSPS) is 11.5. The largest absolute Gasteiger partial charge is 0.365 e. The Morgan fingerprint density at radius 1 is 1.14 bits per heavy atom. The van der Waals surface area contributed by atoms with E-state index in [0.717, 1.165) is 5.56 Å². The van der Waals surface area contributed by atoms with E-state index >= 15 is 0 Å². The van der Waals surface area contributed by atoms with Crippen LogP contribution in [0.25, 0.3) is 11.3 Å². The number of aromatic nitrogens is 3. The summed E-state index contributed by atoms with van der Waals surface area (Å²) in [6.45, 7) is 7.87. The van der Waals surface area contributed by atoms with E-state index in [9.17, 15) is 9.18 Å². The monoisotopic (exact) mass is 400 g/mol. The first-order valence-corrected chi connectivity index (χ1v) is 9.28. The third kappa shape index (κ3) is 4.75. The summed E-state index contributed by atoms with van der Waals surface area (Å²) in [5.74, 6) is -0.196. The molecule has 146 valence electrons. The molecule has 0 atom stereocenters. The van der Waals surface area contributed by atoms with Crippen LogP contribution >= 0.6 is 11.6 Å². The Labute approximate surface area is 168 Å². The zero-order chi connectivity index (χ0) is 20.5. The molecule has 5 nitrogen and oxygen atoms in total. The molecule has 0 saturated carbocycles. The van der Waals surface area contributed by atoms with Gasteiger partial charge in [-0.2, -0.15) is 9.49 Å². The highest BCUT2D eigenvalue weighted by Crippen LogP contribution is 2.22. The average molecular weight is 401 g/mol. The van der Waals surface area contributed by atoms with Crippen molar-refractivity contribution in [2.75, 3.05) is 5.32 Å². The van der Waals surface area contributed by atoms with Crippen molar-refractivity contribution in [1.29, 1.82) is 0 Å². The Morgan fingerprint density at radius 2 is 1.82 bits per heavy atom. The van der Waals surface area contributed by atoms with Crippen LogP contribution in [0.2, 0.25) is 5.02 Å². The van der Waals surface area contributed by atoms with Gasteiger partial charge in [0.1, 0.15) is 5.82 Å². The van der Waals surface area contributed by atoms with Crippen LogP contribution in [0.3, 0.4) is 0 Å². The molecule has 1 aromatic carbocycles. The van der Waals surface area contributed by atoms with Gasteiger partial charge in [0, 0.05) is 16.1 Å². The molecule has 0 saturated heterocycles. The van der Waals surface area contributed by atoms with Crippen molar-refractivity contribution in [3.8, 4) is 11.3 Å². The number of hydrogen-bond donors (Lipinski definition) is 1. The molecule has 28 heavy (non-hydrogen) atoms. The van der Waals surface area contributed by atoms with Crippen LogP contribution in [0.15, 0.2) is 47.3 Å². The molecule has 0 bridgehead atoms. The fourth-order valence-electron chi connectivity index (χ4n) is 2.76. The summed E-state index contributed by atoms with van der Waals surface area (Å²) < 4.78 is 16.0. The summed E-state index contributed by atoms with van der Waals surface area (Å²) in [7, 11) is 0. The van der Waals surface area contributed by atoms with Gasteiger partial charge in [-0.1, -0.05) is 23.7 Å². The van der Waals surface area contributed by atoms with Gasteiger partial charge in [-0.3, -0.25) is 4.79 Å². The molecule has 2 aromatic heterocycles. The fraction of sp³-hybridized carbons (Fsp3) is 0.286. The van der Waals surface area contributed by atoms with Crippen LogP contribution in [0.1, 0.15) is 31.9 Å². The van der Waals surface area contributed by atoms with Crippen molar-refractivity contribution in [1.82, 2.24) is 14.8 Å². The molecule has 2 heterocycles. The highest BCUT2D eigenvalue weighted by molar-refractivity contribution is 6.30. The van der Waals surface area contributed by atoms with Crippen LogP contribution in [-0.4, -0.2) is 20.3 Å². The minimum atomic E-state index is -0.641. The predicted molar refractivity (Wildman–Crippen MR) is 110 cm³/mol. The van der Waals surface area contributed by atoms with Crippen LogP contribution in [0.4, 0.5) is 10.2 Å².